The number of thiazole rings is 1. The van der Waals surface area contributed by atoms with Gasteiger partial charge < -0.3 is 9.42 Å². The molecule has 0 atom stereocenters. The summed E-state index contributed by atoms with van der Waals surface area (Å²) in [5.74, 6) is 1.69. The minimum atomic E-state index is -1.01. The summed E-state index contributed by atoms with van der Waals surface area (Å²) in [5, 5.41) is 5.47. The molecular weight excluding hydrogens is 573 g/mol. The highest BCUT2D eigenvalue weighted by atomic mass is 32.1. The number of fused-ring (bicyclic) bond motifs is 4. The van der Waals surface area contributed by atoms with Crippen molar-refractivity contribution >= 4 is 33.3 Å². The van der Waals surface area contributed by atoms with Crippen LogP contribution in [-0.2, 0) is 15.6 Å². The number of amides is 1. The molecule has 4 aromatic rings. The fourth-order valence-corrected chi connectivity index (χ4v) is 9.47. The molecule has 4 bridgehead atoms. The number of hydrogen-bond donors (Lipinski definition) is 0. The van der Waals surface area contributed by atoms with Crippen LogP contribution in [0.2, 0.25) is 0 Å². The number of aromatic nitrogens is 4. The standard InChI is InChI=1S/C35H40FN5O2S/c1-22-38-28-26(44-22)15-24(17-37-28)23-6-5-7-25(14-23)41(27(42)16-33-18-35(36,19-33)20-33)21-32-8-11-34(12-9-32,13-10-32)29-39-30(43-40-29)31(2,3)4/h5-7,14-15,17H,8-13,16,18-21H2,1-4H3. The quantitative estimate of drug-likeness (QED) is 0.209. The van der Waals surface area contributed by atoms with Crippen molar-refractivity contribution in [3.63, 3.8) is 0 Å². The summed E-state index contributed by atoms with van der Waals surface area (Å²) in [6.07, 6.45) is 10.0. The molecule has 44 heavy (non-hydrogen) atoms. The monoisotopic (exact) mass is 613 g/mol. The lowest BCUT2D eigenvalue weighted by Crippen LogP contribution is -2.65. The van der Waals surface area contributed by atoms with Gasteiger partial charge in [0.1, 0.15) is 5.67 Å². The minimum absolute atomic E-state index is 0.0363. The van der Waals surface area contributed by atoms with E-state index in [1.165, 1.54) is 0 Å². The lowest BCUT2D eigenvalue weighted by Gasteiger charge is -2.66. The molecular formula is C35H40FN5O2S. The average Bonchev–Trinajstić information content (AvgIpc) is 3.62. The second kappa shape index (κ2) is 9.41. The van der Waals surface area contributed by atoms with Gasteiger partial charge in [-0.15, -0.1) is 11.3 Å². The van der Waals surface area contributed by atoms with E-state index in [4.69, 9.17) is 9.51 Å². The van der Waals surface area contributed by atoms with Crippen molar-refractivity contribution in [2.75, 3.05) is 11.4 Å². The molecule has 1 amide bonds. The molecule has 6 aliphatic rings. The number of rotatable bonds is 7. The molecule has 0 unspecified atom stereocenters. The van der Waals surface area contributed by atoms with Gasteiger partial charge in [0, 0.05) is 41.2 Å². The van der Waals surface area contributed by atoms with Crippen molar-refractivity contribution in [2.45, 2.75) is 108 Å². The van der Waals surface area contributed by atoms with Crippen molar-refractivity contribution in [3.8, 4) is 11.1 Å². The van der Waals surface area contributed by atoms with Gasteiger partial charge in [0.25, 0.3) is 0 Å². The fraction of sp³-hybridized carbons (Fsp3) is 0.571. The van der Waals surface area contributed by atoms with Crippen LogP contribution in [0.4, 0.5) is 10.1 Å². The zero-order chi connectivity index (χ0) is 30.5. The van der Waals surface area contributed by atoms with Crippen LogP contribution in [-0.4, -0.2) is 38.2 Å². The highest BCUT2D eigenvalue weighted by Gasteiger charge is 2.69. The van der Waals surface area contributed by atoms with Crippen LogP contribution in [0.15, 0.2) is 41.1 Å². The first-order valence-corrected chi connectivity index (χ1v) is 16.9. The predicted octanol–water partition coefficient (Wildman–Crippen LogP) is 8.25. The maximum Gasteiger partial charge on any atom is 0.232 e. The molecule has 10 rings (SSSR count). The van der Waals surface area contributed by atoms with E-state index in [1.807, 2.05) is 24.1 Å². The number of anilines is 1. The Morgan fingerprint density at radius 1 is 1.00 bits per heavy atom. The van der Waals surface area contributed by atoms with E-state index in [0.29, 0.717) is 38.1 Å². The maximum absolute atomic E-state index is 14.4. The summed E-state index contributed by atoms with van der Waals surface area (Å²) in [5.41, 5.74) is 2.42. The van der Waals surface area contributed by atoms with Crippen LogP contribution >= 0.6 is 11.3 Å². The number of halogens is 1. The Morgan fingerprint density at radius 3 is 2.39 bits per heavy atom. The number of carbonyl (C=O) groups is 1. The Kier molecular flexibility index (Phi) is 6.05. The van der Waals surface area contributed by atoms with Gasteiger partial charge in [-0.2, -0.15) is 4.98 Å². The van der Waals surface area contributed by atoms with Crippen molar-refractivity contribution in [1.29, 1.82) is 0 Å². The SMILES string of the molecule is Cc1nc2ncc(-c3cccc(N(CC45CCC(c6noc(C(C)(C)C)n6)(CC4)CC5)C(=O)CC45CC(F)(C4)C5)c3)cc2s1. The molecule has 3 heterocycles. The molecule has 1 aromatic carbocycles. The third-order valence-corrected chi connectivity index (χ3v) is 12.1. The van der Waals surface area contributed by atoms with Crippen molar-refractivity contribution in [3.05, 3.63) is 53.3 Å². The van der Waals surface area contributed by atoms with Crippen LogP contribution in [0.5, 0.6) is 0 Å². The molecule has 0 aliphatic heterocycles. The summed E-state index contributed by atoms with van der Waals surface area (Å²) >= 11 is 1.64. The Bertz CT molecular complexity index is 1740. The molecule has 6 aliphatic carbocycles. The summed E-state index contributed by atoms with van der Waals surface area (Å²) in [4.78, 5) is 30.2. The normalized spacial score (nSPS) is 30.7. The number of pyridine rings is 1. The van der Waals surface area contributed by atoms with E-state index in [0.717, 1.165) is 76.5 Å². The van der Waals surface area contributed by atoms with Gasteiger partial charge in [-0.25, -0.2) is 14.4 Å². The molecule has 0 N–H and O–H groups in total. The molecule has 3 aromatic heterocycles. The van der Waals surface area contributed by atoms with Crippen LogP contribution in [0.25, 0.3) is 21.5 Å². The number of nitrogens with zero attached hydrogens (tertiary/aromatic N) is 5. The molecule has 230 valence electrons. The Morgan fingerprint density at radius 2 is 1.73 bits per heavy atom. The van der Waals surface area contributed by atoms with Gasteiger partial charge in [0.2, 0.25) is 11.8 Å². The zero-order valence-corrected chi connectivity index (χ0v) is 26.9. The Labute approximate surface area is 261 Å². The first-order chi connectivity index (χ1) is 20.9. The van der Waals surface area contributed by atoms with E-state index in [9.17, 15) is 9.18 Å². The van der Waals surface area contributed by atoms with Crippen molar-refractivity contribution in [1.82, 2.24) is 20.1 Å². The first-order valence-electron chi connectivity index (χ1n) is 16.0. The van der Waals surface area contributed by atoms with Gasteiger partial charge in [-0.3, -0.25) is 4.79 Å². The number of carbonyl (C=O) groups excluding carboxylic acids is 1. The third kappa shape index (κ3) is 4.60. The van der Waals surface area contributed by atoms with E-state index < -0.39 is 5.67 Å². The molecule has 0 radical (unpaired) electrons. The minimum Gasteiger partial charge on any atom is -0.339 e. The van der Waals surface area contributed by atoms with Gasteiger partial charge >= 0.3 is 0 Å². The lowest BCUT2D eigenvalue weighted by atomic mass is 9.41. The summed E-state index contributed by atoms with van der Waals surface area (Å²) in [7, 11) is 0. The van der Waals surface area contributed by atoms with Crippen LogP contribution in [0.1, 0.15) is 102 Å². The lowest BCUT2D eigenvalue weighted by molar-refractivity contribution is -0.215. The van der Waals surface area contributed by atoms with Crippen LogP contribution in [0, 0.1) is 17.8 Å². The van der Waals surface area contributed by atoms with E-state index >= 15 is 0 Å². The van der Waals surface area contributed by atoms with Gasteiger partial charge in [-0.1, -0.05) is 38.1 Å². The van der Waals surface area contributed by atoms with Crippen LogP contribution < -0.4 is 4.90 Å². The predicted molar refractivity (Wildman–Crippen MR) is 169 cm³/mol. The second-order valence-corrected chi connectivity index (χ2v) is 16.9. The highest BCUT2D eigenvalue weighted by molar-refractivity contribution is 7.18. The number of aryl methyl sites for hydroxylation is 1. The molecule has 7 nitrogen and oxygen atoms in total. The zero-order valence-electron chi connectivity index (χ0n) is 26.1. The summed E-state index contributed by atoms with van der Waals surface area (Å²) < 4.78 is 21.2. The second-order valence-electron chi connectivity index (χ2n) is 15.6. The van der Waals surface area contributed by atoms with Gasteiger partial charge in [-0.05, 0) is 99.3 Å². The van der Waals surface area contributed by atoms with E-state index in [2.05, 4.69) is 60.2 Å². The maximum atomic E-state index is 14.4. The van der Waals surface area contributed by atoms with E-state index in [1.54, 1.807) is 11.3 Å². The topological polar surface area (TPSA) is 85.0 Å². The van der Waals surface area contributed by atoms with Crippen molar-refractivity contribution < 1.29 is 13.7 Å². The smallest absolute Gasteiger partial charge is 0.232 e. The summed E-state index contributed by atoms with van der Waals surface area (Å²) in [6.45, 7) is 8.99. The molecule has 0 saturated heterocycles. The van der Waals surface area contributed by atoms with E-state index in [-0.39, 0.29) is 27.6 Å². The van der Waals surface area contributed by atoms with Gasteiger partial charge in [0.15, 0.2) is 11.5 Å². The third-order valence-electron chi connectivity index (χ3n) is 11.2. The number of alkyl halides is 1. The Balaban J connectivity index is 1.07. The van der Waals surface area contributed by atoms with Gasteiger partial charge in [0.05, 0.1) is 9.71 Å². The number of benzene rings is 1. The number of hydrogen-bond acceptors (Lipinski definition) is 7. The summed E-state index contributed by atoms with van der Waals surface area (Å²) in [6, 6.07) is 10.5. The highest BCUT2D eigenvalue weighted by Crippen LogP contribution is 2.71. The van der Waals surface area contributed by atoms with Crippen molar-refractivity contribution in [2.24, 2.45) is 10.8 Å². The molecule has 6 saturated carbocycles. The van der Waals surface area contributed by atoms with Crippen LogP contribution in [0.3, 0.4) is 0 Å². The Hall–Kier alpha value is -3.20. The molecule has 9 heteroatoms. The molecule has 6 fully saturated rings. The average molecular weight is 614 g/mol. The fourth-order valence-electron chi connectivity index (χ4n) is 8.64. The first kappa shape index (κ1) is 28.3. The molecule has 0 spiro atoms. The largest absolute Gasteiger partial charge is 0.339 e.